The van der Waals surface area contributed by atoms with E-state index in [2.05, 4.69) is 53.2 Å². The van der Waals surface area contributed by atoms with Crippen LogP contribution in [0.4, 0.5) is 11.4 Å². The number of aliphatic imine (C=N–C) groups is 1. The van der Waals surface area contributed by atoms with Crippen molar-refractivity contribution in [3.63, 3.8) is 0 Å². The molecule has 0 saturated heterocycles. The number of H-pyrrole nitrogens is 2. The van der Waals surface area contributed by atoms with Crippen molar-refractivity contribution in [1.82, 2.24) is 35.0 Å². The minimum Gasteiger partial charge on any atom is -0.352 e. The molecule has 5 aromatic heterocycles. The first-order chi connectivity index (χ1) is 18.3. The molecule has 5 aromatic rings. The Labute approximate surface area is 219 Å². The van der Waals surface area contributed by atoms with Crippen LogP contribution >= 0.6 is 0 Å². The number of nitrogens with zero attached hydrogens (tertiary/aromatic N) is 7. The third-order valence-corrected chi connectivity index (χ3v) is 6.01. The van der Waals surface area contributed by atoms with Crippen LogP contribution in [-0.2, 0) is 4.79 Å². The van der Waals surface area contributed by atoms with Crippen molar-refractivity contribution in [2.75, 3.05) is 37.9 Å². The zero-order valence-corrected chi connectivity index (χ0v) is 21.6. The highest BCUT2D eigenvalue weighted by Gasteiger charge is 2.16. The molecule has 38 heavy (non-hydrogen) atoms. The van der Waals surface area contributed by atoms with Crippen molar-refractivity contribution in [3.05, 3.63) is 61.1 Å². The SMILES string of the molecule is C=N/C(C)=C\N(C)c1cncc2[nH]c(-c3n[nH]c4cnc(-c5cncc(NC(=O)CN(C)C)c5)cc34)cc12. The number of aromatic nitrogens is 6. The number of rotatable bonds is 8. The Morgan fingerprint density at radius 2 is 1.87 bits per heavy atom. The molecule has 0 atom stereocenters. The lowest BCUT2D eigenvalue weighted by Crippen LogP contribution is -2.27. The second-order valence-electron chi connectivity index (χ2n) is 9.28. The summed E-state index contributed by atoms with van der Waals surface area (Å²) in [6.07, 6.45) is 10.6. The van der Waals surface area contributed by atoms with Gasteiger partial charge in [-0.15, -0.1) is 0 Å². The summed E-state index contributed by atoms with van der Waals surface area (Å²) in [5.41, 5.74) is 7.13. The quantitative estimate of drug-likeness (QED) is 0.269. The van der Waals surface area contributed by atoms with E-state index in [1.54, 1.807) is 29.7 Å². The van der Waals surface area contributed by atoms with Gasteiger partial charge in [0, 0.05) is 35.8 Å². The number of aromatic amines is 2. The molecule has 192 valence electrons. The number of likely N-dealkylation sites (N-methyl/N-ethyl adjacent to an activating group) is 1. The van der Waals surface area contributed by atoms with Gasteiger partial charge in [0.25, 0.3) is 0 Å². The van der Waals surface area contributed by atoms with Gasteiger partial charge in [-0.3, -0.25) is 29.8 Å². The van der Waals surface area contributed by atoms with Crippen LogP contribution in [0.1, 0.15) is 6.92 Å². The monoisotopic (exact) mass is 508 g/mol. The normalized spacial score (nSPS) is 11.9. The summed E-state index contributed by atoms with van der Waals surface area (Å²) in [6, 6.07) is 5.89. The molecule has 1 amide bonds. The molecule has 0 aromatic carbocycles. The predicted molar refractivity (Wildman–Crippen MR) is 151 cm³/mol. The Hall–Kier alpha value is -4.90. The summed E-state index contributed by atoms with van der Waals surface area (Å²) in [4.78, 5) is 36.7. The Morgan fingerprint density at radius 1 is 1.05 bits per heavy atom. The van der Waals surface area contributed by atoms with Crippen LogP contribution in [0.5, 0.6) is 0 Å². The summed E-state index contributed by atoms with van der Waals surface area (Å²) < 4.78 is 0. The topological polar surface area (TPSA) is 131 Å². The van der Waals surface area contributed by atoms with E-state index in [0.717, 1.165) is 50.1 Å². The summed E-state index contributed by atoms with van der Waals surface area (Å²) in [5, 5.41) is 12.4. The average Bonchev–Trinajstić information content (AvgIpc) is 3.51. The van der Waals surface area contributed by atoms with E-state index in [0.29, 0.717) is 11.4 Å². The molecule has 0 aliphatic heterocycles. The fraction of sp³-hybridized carbons (Fsp3) is 0.185. The molecule has 3 N–H and O–H groups in total. The smallest absolute Gasteiger partial charge is 0.238 e. The summed E-state index contributed by atoms with van der Waals surface area (Å²) in [5.74, 6) is -0.112. The Morgan fingerprint density at radius 3 is 2.66 bits per heavy atom. The zero-order chi connectivity index (χ0) is 26.8. The number of hydrogen-bond acceptors (Lipinski definition) is 8. The van der Waals surface area contributed by atoms with E-state index >= 15 is 0 Å². The van der Waals surface area contributed by atoms with Gasteiger partial charge in [-0.05, 0) is 45.9 Å². The molecule has 0 unspecified atom stereocenters. The van der Waals surface area contributed by atoms with Gasteiger partial charge in [-0.1, -0.05) is 0 Å². The largest absolute Gasteiger partial charge is 0.352 e. The number of carbonyl (C=O) groups is 1. The van der Waals surface area contributed by atoms with E-state index in [1.807, 2.05) is 57.5 Å². The van der Waals surface area contributed by atoms with Crippen LogP contribution in [-0.4, -0.2) is 75.3 Å². The van der Waals surface area contributed by atoms with Gasteiger partial charge in [0.05, 0.1) is 70.8 Å². The lowest BCUT2D eigenvalue weighted by Gasteiger charge is -2.15. The van der Waals surface area contributed by atoms with Crippen LogP contribution in [0.2, 0.25) is 0 Å². The Bertz CT molecular complexity index is 1680. The highest BCUT2D eigenvalue weighted by atomic mass is 16.2. The van der Waals surface area contributed by atoms with Crippen LogP contribution in [0, 0.1) is 0 Å². The molecule has 0 aliphatic rings. The summed E-state index contributed by atoms with van der Waals surface area (Å²) in [7, 11) is 5.64. The number of allylic oxidation sites excluding steroid dienone is 1. The second kappa shape index (κ2) is 10.2. The number of pyridine rings is 3. The average molecular weight is 509 g/mol. The second-order valence-corrected chi connectivity index (χ2v) is 9.28. The first-order valence-corrected chi connectivity index (χ1v) is 11.9. The standard InChI is InChI=1S/C27H28N10O/c1-16(28-2)14-37(5)25-13-30-11-23-19(25)7-22(33-23)27-20-8-21(31-12-24(20)34-35-27)17-6-18(10-29-9-17)32-26(38)15-36(3)4/h6-14,33H,2,15H2,1,3-5H3,(H,32,38)(H,34,35)/b16-14-. The van der Waals surface area contributed by atoms with Crippen molar-refractivity contribution >= 4 is 45.8 Å². The molecule has 11 heteroatoms. The third-order valence-electron chi connectivity index (χ3n) is 6.01. The molecule has 5 heterocycles. The molecule has 0 fully saturated rings. The number of nitrogens with one attached hydrogen (secondary N) is 3. The highest BCUT2D eigenvalue weighted by molar-refractivity contribution is 6.00. The number of amides is 1. The fourth-order valence-electron chi connectivity index (χ4n) is 4.25. The summed E-state index contributed by atoms with van der Waals surface area (Å²) >= 11 is 0. The first kappa shape index (κ1) is 24.8. The number of hydrogen-bond donors (Lipinski definition) is 3. The minimum absolute atomic E-state index is 0.112. The van der Waals surface area contributed by atoms with Gasteiger partial charge in [-0.25, -0.2) is 0 Å². The molecular weight excluding hydrogens is 480 g/mol. The maximum absolute atomic E-state index is 12.2. The van der Waals surface area contributed by atoms with Crippen molar-refractivity contribution in [2.24, 2.45) is 4.99 Å². The maximum Gasteiger partial charge on any atom is 0.238 e. The molecule has 5 rings (SSSR count). The van der Waals surface area contributed by atoms with Crippen molar-refractivity contribution in [2.45, 2.75) is 6.92 Å². The van der Waals surface area contributed by atoms with E-state index in [9.17, 15) is 4.79 Å². The maximum atomic E-state index is 12.2. The molecule has 11 nitrogen and oxygen atoms in total. The molecule has 0 bridgehead atoms. The van der Waals surface area contributed by atoms with Gasteiger partial charge >= 0.3 is 0 Å². The highest BCUT2D eigenvalue weighted by Crippen LogP contribution is 2.34. The lowest BCUT2D eigenvalue weighted by atomic mass is 10.1. The molecule has 0 spiro atoms. The predicted octanol–water partition coefficient (Wildman–Crippen LogP) is 4.06. The van der Waals surface area contributed by atoms with Crippen molar-refractivity contribution in [1.29, 1.82) is 0 Å². The van der Waals surface area contributed by atoms with Crippen LogP contribution < -0.4 is 10.2 Å². The van der Waals surface area contributed by atoms with Gasteiger partial charge in [0.1, 0.15) is 5.69 Å². The molecule has 0 saturated carbocycles. The van der Waals surface area contributed by atoms with Gasteiger partial charge in [0.2, 0.25) is 5.91 Å². The van der Waals surface area contributed by atoms with E-state index < -0.39 is 0 Å². The molecule has 0 radical (unpaired) electrons. The van der Waals surface area contributed by atoms with Gasteiger partial charge in [-0.2, -0.15) is 5.10 Å². The number of fused-ring (bicyclic) bond motifs is 2. The van der Waals surface area contributed by atoms with Crippen LogP contribution in [0.25, 0.3) is 44.5 Å². The van der Waals surface area contributed by atoms with Crippen molar-refractivity contribution < 1.29 is 4.79 Å². The van der Waals surface area contributed by atoms with Crippen LogP contribution in [0.3, 0.4) is 0 Å². The van der Waals surface area contributed by atoms with Crippen molar-refractivity contribution in [3.8, 4) is 22.6 Å². The first-order valence-electron chi connectivity index (χ1n) is 11.9. The molecular formula is C27H28N10O. The molecule has 0 aliphatic carbocycles. The Balaban J connectivity index is 1.51. The van der Waals surface area contributed by atoms with Gasteiger partial charge < -0.3 is 20.1 Å². The summed E-state index contributed by atoms with van der Waals surface area (Å²) in [6.45, 7) is 5.76. The fourth-order valence-corrected chi connectivity index (χ4v) is 4.25. The van der Waals surface area contributed by atoms with Gasteiger partial charge in [0.15, 0.2) is 0 Å². The lowest BCUT2D eigenvalue weighted by molar-refractivity contribution is -0.116. The number of anilines is 2. The van der Waals surface area contributed by atoms with E-state index in [-0.39, 0.29) is 12.5 Å². The Kier molecular flexibility index (Phi) is 6.67. The van der Waals surface area contributed by atoms with Crippen LogP contribution in [0.15, 0.2) is 66.1 Å². The van der Waals surface area contributed by atoms with E-state index in [1.165, 1.54) is 0 Å². The zero-order valence-electron chi connectivity index (χ0n) is 21.6. The van der Waals surface area contributed by atoms with E-state index in [4.69, 9.17) is 0 Å². The minimum atomic E-state index is -0.112. The number of carbonyl (C=O) groups excluding carboxylic acids is 1. The third kappa shape index (κ3) is 5.00.